The van der Waals surface area contributed by atoms with Crippen molar-refractivity contribution in [1.82, 2.24) is 4.98 Å². The molecule has 0 radical (unpaired) electrons. The first-order valence-corrected chi connectivity index (χ1v) is 5.93. The van der Waals surface area contributed by atoms with E-state index in [-0.39, 0.29) is 5.92 Å². The number of nitrogens with zero attached hydrogens (tertiary/aromatic N) is 1. The minimum atomic E-state index is -0.861. The van der Waals surface area contributed by atoms with Gasteiger partial charge < -0.3 is 10.4 Å². The summed E-state index contributed by atoms with van der Waals surface area (Å²) >= 11 is 0. The molecule has 0 saturated heterocycles. The lowest BCUT2D eigenvalue weighted by molar-refractivity contribution is -0.138. The summed E-state index contributed by atoms with van der Waals surface area (Å²) < 4.78 is 0. The second kappa shape index (κ2) is 5.04. The van der Waals surface area contributed by atoms with Crippen molar-refractivity contribution in [2.45, 2.75) is 19.9 Å². The minimum Gasteiger partial charge on any atom is -0.480 e. The number of hydrogen-bond donors (Lipinski definition) is 2. The van der Waals surface area contributed by atoms with Crippen LogP contribution in [0.25, 0.3) is 10.9 Å². The van der Waals surface area contributed by atoms with Gasteiger partial charge in [0.05, 0.1) is 5.52 Å². The van der Waals surface area contributed by atoms with Crippen molar-refractivity contribution < 1.29 is 9.90 Å². The third-order valence-electron chi connectivity index (χ3n) is 2.83. The number of anilines is 1. The first-order chi connectivity index (χ1) is 8.58. The van der Waals surface area contributed by atoms with Crippen molar-refractivity contribution in [3.63, 3.8) is 0 Å². The zero-order valence-electron chi connectivity index (χ0n) is 10.4. The summed E-state index contributed by atoms with van der Waals surface area (Å²) in [5.74, 6) is -0.273. The molecule has 4 nitrogen and oxygen atoms in total. The van der Waals surface area contributed by atoms with Crippen LogP contribution in [0.2, 0.25) is 0 Å². The second-order valence-electron chi connectivity index (χ2n) is 4.59. The molecule has 0 aliphatic rings. The van der Waals surface area contributed by atoms with Crippen LogP contribution in [0.5, 0.6) is 0 Å². The minimum absolute atomic E-state index is 0.00392. The van der Waals surface area contributed by atoms with Gasteiger partial charge in [-0.25, -0.2) is 9.78 Å². The Morgan fingerprint density at radius 2 is 1.94 bits per heavy atom. The smallest absolute Gasteiger partial charge is 0.326 e. The predicted octanol–water partition coefficient (Wildman–Crippen LogP) is 2.76. The van der Waals surface area contributed by atoms with E-state index in [2.05, 4.69) is 10.3 Å². The van der Waals surface area contributed by atoms with Gasteiger partial charge in [0, 0.05) is 5.39 Å². The highest BCUT2D eigenvalue weighted by molar-refractivity contribution is 5.81. The molecule has 2 N–H and O–H groups in total. The summed E-state index contributed by atoms with van der Waals surface area (Å²) in [5.41, 5.74) is 0.857. The fourth-order valence-electron chi connectivity index (χ4n) is 1.82. The maximum atomic E-state index is 11.1. The van der Waals surface area contributed by atoms with Crippen molar-refractivity contribution >= 4 is 22.7 Å². The van der Waals surface area contributed by atoms with E-state index in [1.807, 2.05) is 44.2 Å². The van der Waals surface area contributed by atoms with Crippen molar-refractivity contribution in [3.8, 4) is 0 Å². The van der Waals surface area contributed by atoms with E-state index in [0.29, 0.717) is 5.82 Å². The van der Waals surface area contributed by atoms with Gasteiger partial charge in [-0.1, -0.05) is 32.0 Å². The lowest BCUT2D eigenvalue weighted by Crippen LogP contribution is -2.34. The van der Waals surface area contributed by atoms with Gasteiger partial charge in [-0.2, -0.15) is 0 Å². The van der Waals surface area contributed by atoms with E-state index >= 15 is 0 Å². The van der Waals surface area contributed by atoms with Crippen molar-refractivity contribution in [2.24, 2.45) is 5.92 Å². The lowest BCUT2D eigenvalue weighted by atomic mass is 10.0. The van der Waals surface area contributed by atoms with E-state index in [1.165, 1.54) is 0 Å². The van der Waals surface area contributed by atoms with Crippen LogP contribution in [0.1, 0.15) is 13.8 Å². The Morgan fingerprint density at radius 3 is 2.61 bits per heavy atom. The molecule has 0 saturated carbocycles. The SMILES string of the molecule is CC(C)[C@H](Nc1ccc2ccccc2n1)C(=O)O. The Morgan fingerprint density at radius 1 is 1.22 bits per heavy atom. The number of carboxylic acids is 1. The Bertz CT molecular complexity index is 566. The van der Waals surface area contributed by atoms with Crippen molar-refractivity contribution in [1.29, 1.82) is 0 Å². The Labute approximate surface area is 106 Å². The van der Waals surface area contributed by atoms with Crippen molar-refractivity contribution in [3.05, 3.63) is 36.4 Å². The number of rotatable bonds is 4. The first kappa shape index (κ1) is 12.4. The van der Waals surface area contributed by atoms with Gasteiger partial charge in [0.2, 0.25) is 0 Å². The van der Waals surface area contributed by atoms with Crippen LogP contribution in [-0.2, 0) is 4.79 Å². The number of carbonyl (C=O) groups is 1. The van der Waals surface area contributed by atoms with E-state index in [0.717, 1.165) is 10.9 Å². The van der Waals surface area contributed by atoms with Gasteiger partial charge in [-0.15, -0.1) is 0 Å². The standard InChI is InChI=1S/C14H16N2O2/c1-9(2)13(14(17)18)16-12-8-7-10-5-3-4-6-11(10)15-12/h3-9,13H,1-2H3,(H,15,16)(H,17,18)/t13-/m0/s1. The molecule has 2 aromatic rings. The lowest BCUT2D eigenvalue weighted by Gasteiger charge is -2.18. The summed E-state index contributed by atoms with van der Waals surface area (Å²) in [7, 11) is 0. The molecule has 1 atom stereocenters. The molecular formula is C14H16N2O2. The molecule has 1 heterocycles. The van der Waals surface area contributed by atoms with Gasteiger partial charge in [0.15, 0.2) is 0 Å². The molecule has 0 aliphatic heterocycles. The monoisotopic (exact) mass is 244 g/mol. The van der Waals surface area contributed by atoms with Gasteiger partial charge in [-0.3, -0.25) is 0 Å². The van der Waals surface area contributed by atoms with Crippen LogP contribution < -0.4 is 5.32 Å². The Balaban J connectivity index is 2.28. The number of para-hydroxylation sites is 1. The number of benzene rings is 1. The second-order valence-corrected chi connectivity index (χ2v) is 4.59. The van der Waals surface area contributed by atoms with E-state index in [9.17, 15) is 4.79 Å². The molecule has 0 bridgehead atoms. The van der Waals surface area contributed by atoms with Gasteiger partial charge in [0.1, 0.15) is 11.9 Å². The average Bonchev–Trinajstić information content (AvgIpc) is 2.35. The molecule has 94 valence electrons. The van der Waals surface area contributed by atoms with E-state index in [1.54, 1.807) is 6.07 Å². The summed E-state index contributed by atoms with van der Waals surface area (Å²) in [5, 5.41) is 13.1. The number of hydrogen-bond acceptors (Lipinski definition) is 3. The summed E-state index contributed by atoms with van der Waals surface area (Å²) in [6, 6.07) is 10.9. The molecule has 0 unspecified atom stereocenters. The molecule has 0 fully saturated rings. The molecule has 1 aromatic heterocycles. The summed E-state index contributed by atoms with van der Waals surface area (Å²) in [4.78, 5) is 15.5. The van der Waals surface area contributed by atoms with E-state index < -0.39 is 12.0 Å². The highest BCUT2D eigenvalue weighted by Gasteiger charge is 2.21. The summed E-state index contributed by atoms with van der Waals surface area (Å²) in [6.45, 7) is 3.74. The highest BCUT2D eigenvalue weighted by atomic mass is 16.4. The van der Waals surface area contributed by atoms with Gasteiger partial charge >= 0.3 is 5.97 Å². The van der Waals surface area contributed by atoms with Crippen LogP contribution in [0.4, 0.5) is 5.82 Å². The zero-order chi connectivity index (χ0) is 13.1. The maximum Gasteiger partial charge on any atom is 0.326 e. The van der Waals surface area contributed by atoms with E-state index in [4.69, 9.17) is 5.11 Å². The van der Waals surface area contributed by atoms with Crippen molar-refractivity contribution in [2.75, 3.05) is 5.32 Å². The third-order valence-corrected chi connectivity index (χ3v) is 2.83. The maximum absolute atomic E-state index is 11.1. The number of pyridine rings is 1. The molecule has 0 amide bonds. The Kier molecular flexibility index (Phi) is 3.46. The van der Waals surface area contributed by atoms with Crippen LogP contribution in [0, 0.1) is 5.92 Å². The molecule has 18 heavy (non-hydrogen) atoms. The quantitative estimate of drug-likeness (QED) is 0.868. The van der Waals surface area contributed by atoms with Crippen LogP contribution >= 0.6 is 0 Å². The molecule has 4 heteroatoms. The van der Waals surface area contributed by atoms with Crippen LogP contribution in [0.15, 0.2) is 36.4 Å². The zero-order valence-corrected chi connectivity index (χ0v) is 10.4. The average molecular weight is 244 g/mol. The number of carboxylic acid groups (broad SMARTS) is 1. The molecule has 0 aliphatic carbocycles. The number of aliphatic carboxylic acids is 1. The van der Waals surface area contributed by atoms with Gasteiger partial charge in [-0.05, 0) is 24.1 Å². The molecule has 1 aromatic carbocycles. The topological polar surface area (TPSA) is 62.2 Å². The van der Waals surface area contributed by atoms with Crippen LogP contribution in [0.3, 0.4) is 0 Å². The first-order valence-electron chi connectivity index (χ1n) is 5.93. The third kappa shape index (κ3) is 2.59. The largest absolute Gasteiger partial charge is 0.480 e. The molecule has 2 rings (SSSR count). The number of nitrogens with one attached hydrogen (secondary N) is 1. The number of aromatic nitrogens is 1. The molecular weight excluding hydrogens is 228 g/mol. The Hall–Kier alpha value is -2.10. The molecule has 0 spiro atoms. The fourth-order valence-corrected chi connectivity index (χ4v) is 1.82. The normalized spacial score (nSPS) is 12.6. The predicted molar refractivity (Wildman–Crippen MR) is 71.6 cm³/mol. The van der Waals surface area contributed by atoms with Crippen LogP contribution in [-0.4, -0.2) is 22.1 Å². The number of fused-ring (bicyclic) bond motifs is 1. The summed E-state index contributed by atoms with van der Waals surface area (Å²) in [6.07, 6.45) is 0. The highest BCUT2D eigenvalue weighted by Crippen LogP contribution is 2.16. The van der Waals surface area contributed by atoms with Gasteiger partial charge in [0.25, 0.3) is 0 Å². The fraction of sp³-hybridized carbons (Fsp3) is 0.286.